The lowest BCUT2D eigenvalue weighted by molar-refractivity contribution is 0.195. The molecule has 1 aromatic heterocycles. The molecule has 0 spiro atoms. The van der Waals surface area contributed by atoms with Crippen LogP contribution in [0.25, 0.3) is 11.1 Å². The van der Waals surface area contributed by atoms with Crippen LogP contribution in [0.1, 0.15) is 0 Å². The van der Waals surface area contributed by atoms with E-state index in [0.717, 1.165) is 9.99 Å². The van der Waals surface area contributed by atoms with Gasteiger partial charge in [-0.3, -0.25) is 0 Å². The number of hydrogen-bond donors (Lipinski definition) is 3. The lowest BCUT2D eigenvalue weighted by atomic mass is 10.3. The Morgan fingerprint density at radius 1 is 1.47 bits per heavy atom. The summed E-state index contributed by atoms with van der Waals surface area (Å²) in [7, 11) is 0. The standard InChI is InChI=1S/C10H10BrN3O3/c11-6-1-2-8-7(5-6)14-9(17-8)12-3-4-13-10(15)16/h1-2,5,13H,3-4H2,(H,12,14)(H,15,16). The highest BCUT2D eigenvalue weighted by Crippen LogP contribution is 2.22. The van der Waals surface area contributed by atoms with Crippen molar-refractivity contribution in [2.75, 3.05) is 18.4 Å². The molecule has 0 radical (unpaired) electrons. The van der Waals surface area contributed by atoms with Crippen molar-refractivity contribution in [1.82, 2.24) is 10.3 Å². The molecule has 90 valence electrons. The molecule has 0 atom stereocenters. The minimum absolute atomic E-state index is 0.289. The van der Waals surface area contributed by atoms with Crippen LogP contribution < -0.4 is 10.6 Å². The maximum Gasteiger partial charge on any atom is 0.404 e. The molecular weight excluding hydrogens is 290 g/mol. The summed E-state index contributed by atoms with van der Waals surface area (Å²) in [5.41, 5.74) is 1.43. The second-order valence-electron chi connectivity index (χ2n) is 3.29. The third kappa shape index (κ3) is 3.10. The molecular formula is C10H10BrN3O3. The van der Waals surface area contributed by atoms with Gasteiger partial charge in [-0.2, -0.15) is 4.98 Å². The molecule has 1 heterocycles. The lowest BCUT2D eigenvalue weighted by Gasteiger charge is -2.00. The molecule has 2 rings (SSSR count). The molecule has 0 saturated carbocycles. The van der Waals surface area contributed by atoms with Crippen LogP contribution in [0.3, 0.4) is 0 Å². The number of benzene rings is 1. The number of fused-ring (bicyclic) bond motifs is 1. The van der Waals surface area contributed by atoms with Crippen molar-refractivity contribution in [2.45, 2.75) is 0 Å². The minimum Gasteiger partial charge on any atom is -0.465 e. The molecule has 0 unspecified atom stereocenters. The molecule has 0 aliphatic rings. The molecule has 3 N–H and O–H groups in total. The van der Waals surface area contributed by atoms with E-state index in [1.54, 1.807) is 0 Å². The van der Waals surface area contributed by atoms with Gasteiger partial charge in [0.25, 0.3) is 6.01 Å². The summed E-state index contributed by atoms with van der Waals surface area (Å²) in [6, 6.07) is 5.90. The fraction of sp³-hybridized carbons (Fsp3) is 0.200. The van der Waals surface area contributed by atoms with Crippen molar-refractivity contribution in [3.63, 3.8) is 0 Å². The van der Waals surface area contributed by atoms with Gasteiger partial charge >= 0.3 is 6.09 Å². The van der Waals surface area contributed by atoms with Crippen LogP contribution in [0.2, 0.25) is 0 Å². The van der Waals surface area contributed by atoms with Crippen LogP contribution in [-0.2, 0) is 0 Å². The van der Waals surface area contributed by atoms with Gasteiger partial charge in [-0.05, 0) is 18.2 Å². The third-order valence-corrected chi connectivity index (χ3v) is 2.52. The molecule has 2 aromatic rings. The van der Waals surface area contributed by atoms with Crippen LogP contribution in [-0.4, -0.2) is 29.3 Å². The van der Waals surface area contributed by atoms with Gasteiger partial charge in [-0.25, -0.2) is 4.79 Å². The van der Waals surface area contributed by atoms with Crippen LogP contribution in [0.5, 0.6) is 0 Å². The molecule has 6 nitrogen and oxygen atoms in total. The van der Waals surface area contributed by atoms with E-state index < -0.39 is 6.09 Å². The van der Waals surface area contributed by atoms with E-state index in [0.29, 0.717) is 18.1 Å². The smallest absolute Gasteiger partial charge is 0.404 e. The maximum absolute atomic E-state index is 10.2. The lowest BCUT2D eigenvalue weighted by Crippen LogP contribution is -2.26. The number of carbonyl (C=O) groups is 1. The third-order valence-electron chi connectivity index (χ3n) is 2.03. The number of nitrogens with one attached hydrogen (secondary N) is 2. The largest absolute Gasteiger partial charge is 0.465 e. The molecule has 0 aliphatic heterocycles. The summed E-state index contributed by atoms with van der Waals surface area (Å²) in [4.78, 5) is 14.4. The summed E-state index contributed by atoms with van der Waals surface area (Å²) in [5.74, 6) is 0. The number of aromatic nitrogens is 1. The highest BCUT2D eigenvalue weighted by atomic mass is 79.9. The van der Waals surface area contributed by atoms with Gasteiger partial charge in [0.15, 0.2) is 5.58 Å². The first-order valence-corrected chi connectivity index (χ1v) is 5.71. The van der Waals surface area contributed by atoms with Crippen LogP contribution in [0, 0.1) is 0 Å². The van der Waals surface area contributed by atoms with Gasteiger partial charge in [0.05, 0.1) is 0 Å². The fourth-order valence-corrected chi connectivity index (χ4v) is 1.66. The molecule has 7 heteroatoms. The first-order valence-electron chi connectivity index (χ1n) is 4.92. The molecule has 1 aromatic carbocycles. The Labute approximate surface area is 105 Å². The van der Waals surface area contributed by atoms with Crippen LogP contribution >= 0.6 is 15.9 Å². The zero-order valence-corrected chi connectivity index (χ0v) is 10.3. The molecule has 0 bridgehead atoms. The molecule has 0 aliphatic carbocycles. The second-order valence-corrected chi connectivity index (χ2v) is 4.21. The number of amides is 1. The average Bonchev–Trinajstić information content (AvgIpc) is 2.66. The van der Waals surface area contributed by atoms with E-state index in [1.807, 2.05) is 18.2 Å². The molecule has 17 heavy (non-hydrogen) atoms. The van der Waals surface area contributed by atoms with Crippen molar-refractivity contribution in [3.05, 3.63) is 22.7 Å². The molecule has 1 amide bonds. The number of rotatable bonds is 4. The zero-order chi connectivity index (χ0) is 12.3. The van der Waals surface area contributed by atoms with Crippen LogP contribution in [0.15, 0.2) is 27.1 Å². The Hall–Kier alpha value is -1.76. The Bertz CT molecular complexity index is 541. The maximum atomic E-state index is 10.2. The van der Waals surface area contributed by atoms with Crippen molar-refractivity contribution < 1.29 is 14.3 Å². The first-order chi connectivity index (χ1) is 8.15. The number of nitrogens with zero attached hydrogens (tertiary/aromatic N) is 1. The Morgan fingerprint density at radius 2 is 2.29 bits per heavy atom. The number of oxazole rings is 1. The summed E-state index contributed by atoms with van der Waals surface area (Å²) in [5, 5.41) is 13.5. The number of anilines is 1. The Kier molecular flexibility index (Phi) is 3.48. The highest BCUT2D eigenvalue weighted by Gasteiger charge is 2.05. The second kappa shape index (κ2) is 5.05. The van der Waals surface area contributed by atoms with Gasteiger partial charge in [-0.1, -0.05) is 15.9 Å². The minimum atomic E-state index is -1.05. The zero-order valence-electron chi connectivity index (χ0n) is 8.74. The summed E-state index contributed by atoms with van der Waals surface area (Å²) >= 11 is 3.34. The van der Waals surface area contributed by atoms with E-state index in [4.69, 9.17) is 9.52 Å². The topological polar surface area (TPSA) is 87.4 Å². The normalized spacial score (nSPS) is 10.4. The van der Waals surface area contributed by atoms with Gasteiger partial charge < -0.3 is 20.2 Å². The summed E-state index contributed by atoms with van der Waals surface area (Å²) in [6.07, 6.45) is -1.05. The Balaban J connectivity index is 1.97. The van der Waals surface area contributed by atoms with E-state index in [-0.39, 0.29) is 6.54 Å². The quantitative estimate of drug-likeness (QED) is 0.754. The SMILES string of the molecule is O=C(O)NCCNc1nc2cc(Br)ccc2o1. The van der Waals surface area contributed by atoms with Crippen molar-refractivity contribution in [1.29, 1.82) is 0 Å². The van der Waals surface area contributed by atoms with Gasteiger partial charge in [0, 0.05) is 17.6 Å². The predicted octanol–water partition coefficient (Wildman–Crippen LogP) is 2.27. The fourth-order valence-electron chi connectivity index (χ4n) is 1.32. The van der Waals surface area contributed by atoms with Gasteiger partial charge in [-0.15, -0.1) is 0 Å². The number of halogens is 1. The van der Waals surface area contributed by atoms with E-state index in [1.165, 1.54) is 0 Å². The average molecular weight is 300 g/mol. The monoisotopic (exact) mass is 299 g/mol. The predicted molar refractivity (Wildman–Crippen MR) is 66.2 cm³/mol. The van der Waals surface area contributed by atoms with Gasteiger partial charge in [0.2, 0.25) is 0 Å². The summed E-state index contributed by atoms with van der Waals surface area (Å²) < 4.78 is 6.34. The van der Waals surface area contributed by atoms with E-state index in [9.17, 15) is 4.79 Å². The number of hydrogen-bond acceptors (Lipinski definition) is 4. The van der Waals surface area contributed by atoms with Crippen LogP contribution in [0.4, 0.5) is 10.8 Å². The van der Waals surface area contributed by atoms with Crippen molar-refractivity contribution in [2.24, 2.45) is 0 Å². The van der Waals surface area contributed by atoms with Crippen molar-refractivity contribution >= 4 is 39.1 Å². The number of carboxylic acid groups (broad SMARTS) is 1. The molecule has 0 saturated heterocycles. The summed E-state index contributed by atoms with van der Waals surface area (Å²) in [6.45, 7) is 0.706. The van der Waals surface area contributed by atoms with Gasteiger partial charge in [0.1, 0.15) is 5.52 Å². The first kappa shape index (κ1) is 11.7. The van der Waals surface area contributed by atoms with Crippen molar-refractivity contribution in [3.8, 4) is 0 Å². The van der Waals surface area contributed by atoms with E-state index >= 15 is 0 Å². The molecule has 0 fully saturated rings. The van der Waals surface area contributed by atoms with E-state index in [2.05, 4.69) is 31.5 Å². The highest BCUT2D eigenvalue weighted by molar-refractivity contribution is 9.10. The Morgan fingerprint density at radius 3 is 3.06 bits per heavy atom.